The molecular weight excluding hydrogens is 124 g/mol. The number of hydrogen-bond acceptors (Lipinski definition) is 3. The van der Waals surface area contributed by atoms with Crippen LogP contribution in [0.5, 0.6) is 0 Å². The molecule has 0 aromatic carbocycles. The number of carbonyl (C=O) groups excluding carboxylic acids is 1. The van der Waals surface area contributed by atoms with E-state index in [0.29, 0.717) is 6.42 Å². The SMILES string of the molecule is CCC(=O)OC.O=CO. The number of carbonyl (C=O) groups is 2. The maximum atomic E-state index is 9.96. The van der Waals surface area contributed by atoms with Crippen LogP contribution in [0, 0.1) is 0 Å². The van der Waals surface area contributed by atoms with Gasteiger partial charge in [-0.2, -0.15) is 0 Å². The third kappa shape index (κ3) is 19.6. The molecule has 0 spiro atoms. The highest BCUT2D eigenvalue weighted by Gasteiger charge is 1.87. The quantitative estimate of drug-likeness (QED) is 0.413. The van der Waals surface area contributed by atoms with Crippen molar-refractivity contribution in [2.75, 3.05) is 7.11 Å². The largest absolute Gasteiger partial charge is 0.483 e. The maximum Gasteiger partial charge on any atom is 0.305 e. The number of rotatable bonds is 1. The molecule has 54 valence electrons. The summed E-state index contributed by atoms with van der Waals surface area (Å²) >= 11 is 0. The van der Waals surface area contributed by atoms with Gasteiger partial charge in [-0.05, 0) is 0 Å². The van der Waals surface area contributed by atoms with Crippen molar-refractivity contribution in [3.8, 4) is 0 Å². The van der Waals surface area contributed by atoms with Gasteiger partial charge < -0.3 is 9.84 Å². The summed E-state index contributed by atoms with van der Waals surface area (Å²) in [6.45, 7) is 1.51. The molecule has 4 heteroatoms. The minimum Gasteiger partial charge on any atom is -0.483 e. The molecule has 4 nitrogen and oxygen atoms in total. The van der Waals surface area contributed by atoms with E-state index in [1.54, 1.807) is 6.92 Å². The third-order valence-electron chi connectivity index (χ3n) is 0.516. The Bertz CT molecular complexity index is 73.0. The van der Waals surface area contributed by atoms with Gasteiger partial charge in [0.2, 0.25) is 0 Å². The molecule has 0 saturated carbocycles. The lowest BCUT2D eigenvalue weighted by Gasteiger charge is -1.87. The molecule has 0 saturated heterocycles. The van der Waals surface area contributed by atoms with Crippen molar-refractivity contribution < 1.29 is 19.4 Å². The van der Waals surface area contributed by atoms with E-state index in [2.05, 4.69) is 4.74 Å². The lowest BCUT2D eigenvalue weighted by atomic mass is 10.5. The molecule has 0 aliphatic rings. The Morgan fingerprint density at radius 3 is 2.11 bits per heavy atom. The molecule has 0 heterocycles. The van der Waals surface area contributed by atoms with Gasteiger partial charge in [0.15, 0.2) is 0 Å². The second-order valence-electron chi connectivity index (χ2n) is 1.04. The predicted molar refractivity (Wildman–Crippen MR) is 31.0 cm³/mol. The van der Waals surface area contributed by atoms with E-state index < -0.39 is 0 Å². The van der Waals surface area contributed by atoms with Crippen LogP contribution in [0.1, 0.15) is 13.3 Å². The lowest BCUT2D eigenvalue weighted by Crippen LogP contribution is -1.94. The van der Waals surface area contributed by atoms with Crippen molar-refractivity contribution in [3.63, 3.8) is 0 Å². The number of hydrogen-bond donors (Lipinski definition) is 1. The van der Waals surface area contributed by atoms with Crippen molar-refractivity contribution in [3.05, 3.63) is 0 Å². The Kier molecular flexibility index (Phi) is 12.1. The standard InChI is InChI=1S/C4H8O2.CH2O2/c1-3-4(5)6-2;2-1-3/h3H2,1-2H3;1H,(H,2,3). The summed E-state index contributed by atoms with van der Waals surface area (Å²) < 4.78 is 4.26. The first-order chi connectivity index (χ1) is 4.22. The first kappa shape index (κ1) is 10.8. The highest BCUT2D eigenvalue weighted by Crippen LogP contribution is 1.76. The van der Waals surface area contributed by atoms with Crippen LogP contribution in [-0.2, 0) is 14.3 Å². The fraction of sp³-hybridized carbons (Fsp3) is 0.600. The monoisotopic (exact) mass is 134 g/mol. The van der Waals surface area contributed by atoms with Gasteiger partial charge >= 0.3 is 5.97 Å². The van der Waals surface area contributed by atoms with E-state index in [1.807, 2.05) is 0 Å². The second-order valence-corrected chi connectivity index (χ2v) is 1.04. The van der Waals surface area contributed by atoms with Crippen LogP contribution in [0.2, 0.25) is 0 Å². The Morgan fingerprint density at radius 2 is 2.11 bits per heavy atom. The average Bonchev–Trinajstić information content (AvgIpc) is 1.88. The normalized spacial score (nSPS) is 6.44. The molecule has 0 bridgehead atoms. The van der Waals surface area contributed by atoms with Gasteiger partial charge in [0.25, 0.3) is 6.47 Å². The van der Waals surface area contributed by atoms with Crippen LogP contribution < -0.4 is 0 Å². The molecule has 0 fully saturated rings. The zero-order valence-electron chi connectivity index (χ0n) is 5.46. The van der Waals surface area contributed by atoms with E-state index in [-0.39, 0.29) is 12.4 Å². The summed E-state index contributed by atoms with van der Waals surface area (Å²) in [4.78, 5) is 18.3. The molecule has 9 heavy (non-hydrogen) atoms. The second kappa shape index (κ2) is 10.0. The van der Waals surface area contributed by atoms with Gasteiger partial charge in [-0.3, -0.25) is 9.59 Å². The number of methoxy groups -OCH3 is 1. The summed E-state index contributed by atoms with van der Waals surface area (Å²) in [6.07, 6.45) is 0.469. The lowest BCUT2D eigenvalue weighted by molar-refractivity contribution is -0.140. The molecule has 0 aliphatic carbocycles. The molecule has 0 atom stereocenters. The first-order valence-electron chi connectivity index (χ1n) is 2.37. The highest BCUT2D eigenvalue weighted by atomic mass is 16.5. The van der Waals surface area contributed by atoms with Crippen molar-refractivity contribution in [2.45, 2.75) is 13.3 Å². The summed E-state index contributed by atoms with van der Waals surface area (Å²) in [5.74, 6) is -0.157. The van der Waals surface area contributed by atoms with Crippen LogP contribution in [0.25, 0.3) is 0 Å². The van der Waals surface area contributed by atoms with Crippen molar-refractivity contribution in [2.24, 2.45) is 0 Å². The van der Waals surface area contributed by atoms with Crippen molar-refractivity contribution in [1.82, 2.24) is 0 Å². The van der Waals surface area contributed by atoms with Gasteiger partial charge in [-0.25, -0.2) is 0 Å². The molecule has 0 aromatic rings. The van der Waals surface area contributed by atoms with E-state index in [9.17, 15) is 4.79 Å². The summed E-state index contributed by atoms with van der Waals surface area (Å²) in [5.41, 5.74) is 0. The molecule has 0 amide bonds. The Hall–Kier alpha value is -1.06. The van der Waals surface area contributed by atoms with Crippen LogP contribution in [0.3, 0.4) is 0 Å². The Morgan fingerprint density at radius 1 is 1.78 bits per heavy atom. The minimum absolute atomic E-state index is 0.157. The molecule has 0 unspecified atom stereocenters. The average molecular weight is 134 g/mol. The fourth-order valence-electron chi connectivity index (χ4n) is 0.144. The number of esters is 1. The van der Waals surface area contributed by atoms with E-state index in [1.165, 1.54) is 7.11 Å². The third-order valence-corrected chi connectivity index (χ3v) is 0.516. The van der Waals surface area contributed by atoms with Crippen LogP contribution in [0.15, 0.2) is 0 Å². The predicted octanol–water partition coefficient (Wildman–Crippen LogP) is 0.270. The Labute approximate surface area is 53.4 Å². The van der Waals surface area contributed by atoms with Gasteiger partial charge in [0.05, 0.1) is 7.11 Å². The van der Waals surface area contributed by atoms with E-state index in [0.717, 1.165) is 0 Å². The highest BCUT2D eigenvalue weighted by molar-refractivity contribution is 5.68. The van der Waals surface area contributed by atoms with Gasteiger partial charge in [-0.1, -0.05) is 6.92 Å². The van der Waals surface area contributed by atoms with Gasteiger partial charge in [0.1, 0.15) is 0 Å². The molecule has 1 N–H and O–H groups in total. The number of carboxylic acid groups (broad SMARTS) is 1. The fourth-order valence-corrected chi connectivity index (χ4v) is 0.144. The van der Waals surface area contributed by atoms with Gasteiger partial charge in [0, 0.05) is 6.42 Å². The van der Waals surface area contributed by atoms with E-state index in [4.69, 9.17) is 9.90 Å². The number of ether oxygens (including phenoxy) is 1. The zero-order valence-corrected chi connectivity index (χ0v) is 5.46. The molecular formula is C5H10O4. The van der Waals surface area contributed by atoms with Crippen LogP contribution in [0.4, 0.5) is 0 Å². The minimum atomic E-state index is -0.250. The molecule has 0 rings (SSSR count). The van der Waals surface area contributed by atoms with Gasteiger partial charge in [-0.15, -0.1) is 0 Å². The summed E-state index contributed by atoms with van der Waals surface area (Å²) in [6, 6.07) is 0. The van der Waals surface area contributed by atoms with Crippen LogP contribution >= 0.6 is 0 Å². The van der Waals surface area contributed by atoms with E-state index >= 15 is 0 Å². The maximum absolute atomic E-state index is 9.96. The summed E-state index contributed by atoms with van der Waals surface area (Å²) in [7, 11) is 1.38. The molecule has 0 radical (unpaired) electrons. The topological polar surface area (TPSA) is 63.6 Å². The zero-order chi connectivity index (χ0) is 7.70. The van der Waals surface area contributed by atoms with Crippen molar-refractivity contribution in [1.29, 1.82) is 0 Å². The van der Waals surface area contributed by atoms with Crippen LogP contribution in [-0.4, -0.2) is 24.7 Å². The molecule has 0 aromatic heterocycles. The summed E-state index contributed by atoms with van der Waals surface area (Å²) in [5, 5.41) is 6.89. The smallest absolute Gasteiger partial charge is 0.305 e. The molecule has 0 aliphatic heterocycles. The Balaban J connectivity index is 0. The van der Waals surface area contributed by atoms with Crippen molar-refractivity contribution >= 4 is 12.4 Å². The first-order valence-corrected chi connectivity index (χ1v) is 2.37.